The Hall–Kier alpha value is -0.100. The van der Waals surface area contributed by atoms with Crippen LogP contribution in [0.3, 0.4) is 0 Å². The molecule has 1 aromatic carbocycles. The van der Waals surface area contributed by atoms with E-state index >= 15 is 0 Å². The summed E-state index contributed by atoms with van der Waals surface area (Å²) in [6.07, 6.45) is 0. The molecule has 0 aliphatic carbocycles. The SMILES string of the molecule is O=C(c1cc(Br)ccc1I)N1CC1. The average molecular weight is 352 g/mol. The van der Waals surface area contributed by atoms with Crippen molar-refractivity contribution in [2.45, 2.75) is 0 Å². The molecule has 1 saturated heterocycles. The van der Waals surface area contributed by atoms with Crippen molar-refractivity contribution in [2.24, 2.45) is 0 Å². The first kappa shape index (κ1) is 9.45. The average Bonchev–Trinajstić information content (AvgIpc) is 2.91. The van der Waals surface area contributed by atoms with Gasteiger partial charge in [0.05, 0.1) is 5.56 Å². The molecule has 0 bridgehead atoms. The van der Waals surface area contributed by atoms with E-state index in [0.717, 1.165) is 26.7 Å². The second kappa shape index (κ2) is 3.57. The molecule has 0 radical (unpaired) electrons. The molecule has 0 saturated carbocycles. The van der Waals surface area contributed by atoms with E-state index in [1.54, 1.807) is 0 Å². The third-order valence-corrected chi connectivity index (χ3v) is 3.33. The van der Waals surface area contributed by atoms with Gasteiger partial charge in [0.25, 0.3) is 5.91 Å². The summed E-state index contributed by atoms with van der Waals surface area (Å²) in [7, 11) is 0. The number of hydrogen-bond acceptors (Lipinski definition) is 1. The monoisotopic (exact) mass is 351 g/mol. The summed E-state index contributed by atoms with van der Waals surface area (Å²) >= 11 is 5.55. The Kier molecular flexibility index (Phi) is 2.60. The van der Waals surface area contributed by atoms with Crippen LogP contribution < -0.4 is 0 Å². The fraction of sp³-hybridized carbons (Fsp3) is 0.222. The third-order valence-electron chi connectivity index (χ3n) is 1.89. The maximum Gasteiger partial charge on any atom is 0.255 e. The molecular weight excluding hydrogens is 345 g/mol. The molecule has 1 aromatic rings. The molecule has 1 fully saturated rings. The Bertz CT molecular complexity index is 363. The fourth-order valence-electron chi connectivity index (χ4n) is 1.08. The lowest BCUT2D eigenvalue weighted by molar-refractivity contribution is 0.0884. The molecule has 4 heteroatoms. The minimum absolute atomic E-state index is 0.144. The summed E-state index contributed by atoms with van der Waals surface area (Å²) in [6, 6.07) is 5.77. The molecule has 2 nitrogen and oxygen atoms in total. The van der Waals surface area contributed by atoms with Gasteiger partial charge in [-0.3, -0.25) is 4.79 Å². The maximum absolute atomic E-state index is 11.7. The Labute approximate surface area is 98.6 Å². The van der Waals surface area contributed by atoms with Crippen LogP contribution in [0.25, 0.3) is 0 Å². The highest BCUT2D eigenvalue weighted by molar-refractivity contribution is 14.1. The summed E-state index contributed by atoms with van der Waals surface area (Å²) in [5.41, 5.74) is 0.799. The van der Waals surface area contributed by atoms with Gasteiger partial charge in [0.2, 0.25) is 0 Å². The molecule has 0 unspecified atom stereocenters. The number of carbonyl (C=O) groups excluding carboxylic acids is 1. The normalized spacial score (nSPS) is 14.5. The minimum Gasteiger partial charge on any atom is -0.335 e. The van der Waals surface area contributed by atoms with E-state index in [-0.39, 0.29) is 5.91 Å². The predicted octanol–water partition coefficient (Wildman–Crippen LogP) is 2.51. The van der Waals surface area contributed by atoms with Crippen molar-refractivity contribution in [3.8, 4) is 0 Å². The first-order valence-electron chi connectivity index (χ1n) is 3.93. The zero-order valence-corrected chi connectivity index (χ0v) is 10.5. The molecule has 1 aliphatic rings. The van der Waals surface area contributed by atoms with Gasteiger partial charge in [-0.2, -0.15) is 0 Å². The van der Waals surface area contributed by atoms with E-state index in [0.29, 0.717) is 0 Å². The van der Waals surface area contributed by atoms with Crippen LogP contribution in [0.15, 0.2) is 22.7 Å². The highest BCUT2D eigenvalue weighted by Crippen LogP contribution is 2.21. The third kappa shape index (κ3) is 2.04. The Morgan fingerprint density at radius 2 is 2.15 bits per heavy atom. The van der Waals surface area contributed by atoms with E-state index in [1.807, 2.05) is 23.1 Å². The number of rotatable bonds is 1. The first-order valence-corrected chi connectivity index (χ1v) is 5.80. The van der Waals surface area contributed by atoms with E-state index in [1.165, 1.54) is 0 Å². The molecule has 0 aromatic heterocycles. The van der Waals surface area contributed by atoms with E-state index in [4.69, 9.17) is 0 Å². The summed E-state index contributed by atoms with van der Waals surface area (Å²) in [4.78, 5) is 13.5. The van der Waals surface area contributed by atoms with Crippen LogP contribution in [0.5, 0.6) is 0 Å². The zero-order valence-electron chi connectivity index (χ0n) is 6.76. The molecular formula is C9H7BrINO. The standard InChI is InChI=1S/C9H7BrINO/c10-6-1-2-8(11)7(5-6)9(13)12-3-4-12/h1-2,5H,3-4H2. The maximum atomic E-state index is 11.7. The van der Waals surface area contributed by atoms with Crippen molar-refractivity contribution in [3.05, 3.63) is 31.8 Å². The summed E-state index contributed by atoms with van der Waals surface area (Å²) < 4.78 is 1.97. The lowest BCUT2D eigenvalue weighted by Gasteiger charge is -2.04. The van der Waals surface area contributed by atoms with Crippen molar-refractivity contribution in [3.63, 3.8) is 0 Å². The molecule has 1 amide bonds. The zero-order chi connectivity index (χ0) is 9.42. The lowest BCUT2D eigenvalue weighted by atomic mass is 10.2. The first-order chi connectivity index (χ1) is 6.18. The van der Waals surface area contributed by atoms with Gasteiger partial charge in [-0.15, -0.1) is 0 Å². The van der Waals surface area contributed by atoms with Gasteiger partial charge in [0.15, 0.2) is 0 Å². The van der Waals surface area contributed by atoms with Crippen LogP contribution in [0.1, 0.15) is 10.4 Å². The molecule has 0 atom stereocenters. The second-order valence-corrected chi connectivity index (χ2v) is 4.99. The Morgan fingerprint density at radius 3 is 2.77 bits per heavy atom. The Balaban J connectivity index is 2.37. The van der Waals surface area contributed by atoms with Crippen molar-refractivity contribution in [1.82, 2.24) is 4.90 Å². The van der Waals surface area contributed by atoms with Crippen molar-refractivity contribution >= 4 is 44.4 Å². The van der Waals surface area contributed by atoms with Crippen LogP contribution in [-0.2, 0) is 0 Å². The van der Waals surface area contributed by atoms with Crippen molar-refractivity contribution < 1.29 is 4.79 Å². The highest BCUT2D eigenvalue weighted by Gasteiger charge is 2.26. The molecule has 0 N–H and O–H groups in total. The second-order valence-electron chi connectivity index (χ2n) is 2.92. The van der Waals surface area contributed by atoms with Crippen LogP contribution in [-0.4, -0.2) is 23.9 Å². The van der Waals surface area contributed by atoms with Gasteiger partial charge in [-0.1, -0.05) is 15.9 Å². The molecule has 1 heterocycles. The minimum atomic E-state index is 0.144. The van der Waals surface area contributed by atoms with Gasteiger partial charge < -0.3 is 4.90 Å². The number of hydrogen-bond donors (Lipinski definition) is 0. The van der Waals surface area contributed by atoms with Gasteiger partial charge in [-0.25, -0.2) is 0 Å². The quantitative estimate of drug-likeness (QED) is 0.562. The smallest absolute Gasteiger partial charge is 0.255 e. The molecule has 0 spiro atoms. The predicted molar refractivity (Wildman–Crippen MR) is 62.8 cm³/mol. The summed E-state index contributed by atoms with van der Waals surface area (Å²) in [5, 5.41) is 0. The van der Waals surface area contributed by atoms with Gasteiger partial charge >= 0.3 is 0 Å². The number of carbonyl (C=O) groups is 1. The van der Waals surface area contributed by atoms with Crippen LogP contribution in [0.2, 0.25) is 0 Å². The van der Waals surface area contributed by atoms with Crippen molar-refractivity contribution in [2.75, 3.05) is 13.1 Å². The topological polar surface area (TPSA) is 20.1 Å². The molecule has 1 aliphatic heterocycles. The van der Waals surface area contributed by atoms with E-state index in [2.05, 4.69) is 38.5 Å². The van der Waals surface area contributed by atoms with Gasteiger partial charge in [-0.05, 0) is 40.8 Å². The largest absolute Gasteiger partial charge is 0.335 e. The summed E-state index contributed by atoms with van der Waals surface area (Å²) in [6.45, 7) is 1.81. The summed E-state index contributed by atoms with van der Waals surface area (Å²) in [5.74, 6) is 0.144. The van der Waals surface area contributed by atoms with E-state index in [9.17, 15) is 4.79 Å². The molecule has 68 valence electrons. The van der Waals surface area contributed by atoms with E-state index < -0.39 is 0 Å². The van der Waals surface area contributed by atoms with Gasteiger partial charge in [0.1, 0.15) is 0 Å². The number of benzene rings is 1. The highest BCUT2D eigenvalue weighted by atomic mass is 127. The van der Waals surface area contributed by atoms with Crippen molar-refractivity contribution in [1.29, 1.82) is 0 Å². The number of amides is 1. The lowest BCUT2D eigenvalue weighted by Crippen LogP contribution is -2.12. The van der Waals surface area contributed by atoms with Crippen LogP contribution in [0, 0.1) is 3.57 Å². The number of nitrogens with zero attached hydrogens (tertiary/aromatic N) is 1. The van der Waals surface area contributed by atoms with Crippen LogP contribution >= 0.6 is 38.5 Å². The fourth-order valence-corrected chi connectivity index (χ4v) is 2.01. The molecule has 13 heavy (non-hydrogen) atoms. The van der Waals surface area contributed by atoms with Crippen LogP contribution in [0.4, 0.5) is 0 Å². The number of halogens is 2. The Morgan fingerprint density at radius 1 is 1.46 bits per heavy atom. The molecule has 2 rings (SSSR count). The van der Waals surface area contributed by atoms with Gasteiger partial charge in [0, 0.05) is 21.1 Å².